The van der Waals surface area contributed by atoms with E-state index in [2.05, 4.69) is 20.6 Å². The summed E-state index contributed by atoms with van der Waals surface area (Å²) in [5.74, 6) is -1.38. The number of hydrogen-bond donors (Lipinski definition) is 2. The maximum Gasteiger partial charge on any atom is 0.307 e. The van der Waals surface area contributed by atoms with Crippen molar-refractivity contribution < 1.29 is 14.7 Å². The Morgan fingerprint density at radius 2 is 1.71 bits per heavy atom. The molecule has 1 amide bonds. The van der Waals surface area contributed by atoms with E-state index in [9.17, 15) is 14.4 Å². The number of aliphatic carboxylic acids is 1. The number of halogens is 2. The van der Waals surface area contributed by atoms with Gasteiger partial charge in [-0.3, -0.25) is 19.0 Å². The Morgan fingerprint density at radius 1 is 0.951 bits per heavy atom. The molecule has 206 valence electrons. The van der Waals surface area contributed by atoms with Gasteiger partial charge >= 0.3 is 5.97 Å². The third-order valence-electron chi connectivity index (χ3n) is 6.27. The molecule has 1 atom stereocenters. The van der Waals surface area contributed by atoms with Crippen molar-refractivity contribution >= 4 is 40.8 Å². The molecular weight excluding hydrogens is 567 g/mol. The number of carboxylic acid groups (broad SMARTS) is 1. The Hall–Kier alpha value is -4.80. The molecule has 2 N–H and O–H groups in total. The molecule has 3 aromatic carbocycles. The van der Waals surface area contributed by atoms with Crippen molar-refractivity contribution in [2.24, 2.45) is 0 Å². The normalized spacial score (nSPS) is 11.7. The highest BCUT2D eigenvalue weighted by Gasteiger charge is 2.24. The fourth-order valence-electron chi connectivity index (χ4n) is 4.33. The predicted molar refractivity (Wildman–Crippen MR) is 154 cm³/mol. The highest BCUT2D eigenvalue weighted by molar-refractivity contribution is 6.31. The summed E-state index contributed by atoms with van der Waals surface area (Å²) in [4.78, 5) is 42.5. The van der Waals surface area contributed by atoms with E-state index < -0.39 is 23.5 Å². The molecule has 5 aromatic rings. The Labute approximate surface area is 243 Å². The molecule has 12 heteroatoms. The van der Waals surface area contributed by atoms with Crippen LogP contribution in [-0.4, -0.2) is 41.5 Å². The lowest BCUT2D eigenvalue weighted by molar-refractivity contribution is -0.136. The van der Waals surface area contributed by atoms with E-state index in [0.717, 1.165) is 5.56 Å². The van der Waals surface area contributed by atoms with Crippen LogP contribution in [-0.2, 0) is 22.4 Å². The second-order valence-corrected chi connectivity index (χ2v) is 9.95. The van der Waals surface area contributed by atoms with Gasteiger partial charge in [-0.25, -0.2) is 9.67 Å². The van der Waals surface area contributed by atoms with Gasteiger partial charge in [-0.1, -0.05) is 70.9 Å². The number of carboxylic acids is 1. The van der Waals surface area contributed by atoms with Crippen molar-refractivity contribution in [2.45, 2.75) is 18.9 Å². The topological polar surface area (TPSA) is 132 Å². The number of aromatic nitrogens is 5. The van der Waals surface area contributed by atoms with Crippen LogP contribution in [0.2, 0.25) is 10.2 Å². The van der Waals surface area contributed by atoms with Crippen LogP contribution in [0.25, 0.3) is 16.9 Å². The smallest absolute Gasteiger partial charge is 0.307 e. The third-order valence-corrected chi connectivity index (χ3v) is 6.68. The van der Waals surface area contributed by atoms with Crippen LogP contribution in [0, 0.1) is 0 Å². The Kier molecular flexibility index (Phi) is 8.23. The highest BCUT2D eigenvalue weighted by atomic mass is 35.5. The zero-order valence-electron chi connectivity index (χ0n) is 21.3. The van der Waals surface area contributed by atoms with Gasteiger partial charge in [-0.15, -0.1) is 5.10 Å². The average Bonchev–Trinajstić information content (AvgIpc) is 3.39. The molecule has 2 heterocycles. The first kappa shape index (κ1) is 27.8. The number of nitrogens with one attached hydrogen (secondary N) is 1. The summed E-state index contributed by atoms with van der Waals surface area (Å²) in [5, 5.41) is 20.3. The Balaban J connectivity index is 1.49. The minimum atomic E-state index is -0.949. The molecule has 0 spiro atoms. The zero-order valence-corrected chi connectivity index (χ0v) is 22.8. The molecule has 0 fully saturated rings. The molecule has 41 heavy (non-hydrogen) atoms. The second kappa shape index (κ2) is 12.2. The van der Waals surface area contributed by atoms with Crippen LogP contribution < -0.4 is 10.9 Å². The van der Waals surface area contributed by atoms with Crippen LogP contribution in [0.1, 0.15) is 17.2 Å². The largest absolute Gasteiger partial charge is 0.481 e. The number of carbonyl (C=O) groups excluding carboxylic acids is 1. The van der Waals surface area contributed by atoms with Crippen molar-refractivity contribution in [1.82, 2.24) is 24.5 Å². The summed E-state index contributed by atoms with van der Waals surface area (Å²) in [6, 6.07) is 21.3. The molecule has 0 bridgehead atoms. The number of nitrogens with zero attached hydrogens (tertiary/aromatic N) is 5. The molecule has 0 aliphatic carbocycles. The first-order valence-electron chi connectivity index (χ1n) is 12.4. The van der Waals surface area contributed by atoms with Gasteiger partial charge in [0, 0.05) is 28.8 Å². The van der Waals surface area contributed by atoms with Crippen molar-refractivity contribution in [3.8, 4) is 16.9 Å². The van der Waals surface area contributed by atoms with Crippen LogP contribution in [0.4, 0.5) is 5.69 Å². The quantitative estimate of drug-likeness (QED) is 0.251. The van der Waals surface area contributed by atoms with Gasteiger partial charge < -0.3 is 10.4 Å². The summed E-state index contributed by atoms with van der Waals surface area (Å²) >= 11 is 12.2. The van der Waals surface area contributed by atoms with E-state index in [1.165, 1.54) is 27.8 Å². The molecule has 10 nitrogen and oxygen atoms in total. The number of carbonyl (C=O) groups is 2. The Bertz CT molecular complexity index is 1770. The maximum atomic E-state index is 13.5. The van der Waals surface area contributed by atoms with Crippen LogP contribution in [0.5, 0.6) is 0 Å². The minimum absolute atomic E-state index is 0.128. The van der Waals surface area contributed by atoms with Crippen LogP contribution in [0.3, 0.4) is 0 Å². The minimum Gasteiger partial charge on any atom is -0.481 e. The zero-order chi connectivity index (χ0) is 28.9. The third kappa shape index (κ3) is 6.68. The first-order valence-corrected chi connectivity index (χ1v) is 13.1. The number of anilines is 1. The van der Waals surface area contributed by atoms with Gasteiger partial charge in [-0.05, 0) is 41.5 Å². The highest BCUT2D eigenvalue weighted by Crippen LogP contribution is 2.28. The number of benzene rings is 3. The van der Waals surface area contributed by atoms with Crippen molar-refractivity contribution in [1.29, 1.82) is 0 Å². The second-order valence-electron chi connectivity index (χ2n) is 9.13. The lowest BCUT2D eigenvalue weighted by Gasteiger charge is -2.20. The fraction of sp³-hybridized carbons (Fsp3) is 0.103. The van der Waals surface area contributed by atoms with Crippen LogP contribution in [0.15, 0.2) is 96.2 Å². The van der Waals surface area contributed by atoms with Gasteiger partial charge in [0.25, 0.3) is 5.56 Å². The van der Waals surface area contributed by atoms with E-state index in [0.29, 0.717) is 33.2 Å². The maximum absolute atomic E-state index is 13.5. The molecule has 1 unspecified atom stereocenters. The lowest BCUT2D eigenvalue weighted by Crippen LogP contribution is -2.34. The van der Waals surface area contributed by atoms with E-state index >= 15 is 0 Å². The van der Waals surface area contributed by atoms with E-state index in [-0.39, 0.29) is 18.0 Å². The molecule has 2 aromatic heterocycles. The summed E-state index contributed by atoms with van der Waals surface area (Å²) < 4.78 is 2.73. The number of rotatable bonds is 9. The van der Waals surface area contributed by atoms with E-state index in [1.807, 2.05) is 30.3 Å². The fourth-order valence-corrected chi connectivity index (χ4v) is 4.62. The van der Waals surface area contributed by atoms with E-state index in [1.54, 1.807) is 42.5 Å². The summed E-state index contributed by atoms with van der Waals surface area (Å²) in [6.07, 6.45) is 2.95. The molecule has 0 aliphatic rings. The number of hydrogen-bond acceptors (Lipinski definition) is 6. The standard InChI is InChI=1S/C29H22Cl2N6O4/c30-20-8-11-24(37-16-26(31)34-35-37)22(14-20)23-15-27(38)36(17-32-23)25(12-18-4-2-1-3-5-18)29(41)33-21-9-6-19(7-10-21)13-28(39)40/h1-11,14-17,25H,12-13H2,(H,33,41)(H,39,40). The van der Waals surface area contributed by atoms with Gasteiger partial charge in [0.05, 0.1) is 30.3 Å². The SMILES string of the molecule is O=C(O)Cc1ccc(NC(=O)C(Cc2ccccc2)n2cnc(-c3cc(Cl)ccc3-n3cc(Cl)nn3)cc2=O)cc1. The van der Waals surface area contributed by atoms with Gasteiger partial charge in [-0.2, -0.15) is 0 Å². The molecule has 0 radical (unpaired) electrons. The molecule has 5 rings (SSSR count). The van der Waals surface area contributed by atoms with Crippen LogP contribution >= 0.6 is 23.2 Å². The van der Waals surface area contributed by atoms with Crippen molar-refractivity contribution in [3.05, 3.63) is 123 Å². The summed E-state index contributed by atoms with van der Waals surface area (Å²) in [7, 11) is 0. The molecule has 0 aliphatic heterocycles. The van der Waals surface area contributed by atoms with E-state index in [4.69, 9.17) is 28.3 Å². The molecule has 0 saturated carbocycles. The van der Waals surface area contributed by atoms with Gasteiger partial charge in [0.2, 0.25) is 5.91 Å². The van der Waals surface area contributed by atoms with Crippen molar-refractivity contribution in [2.75, 3.05) is 5.32 Å². The predicted octanol–water partition coefficient (Wildman–Crippen LogP) is 4.85. The lowest BCUT2D eigenvalue weighted by atomic mass is 10.0. The Morgan fingerprint density at radius 3 is 2.37 bits per heavy atom. The number of amides is 1. The summed E-state index contributed by atoms with van der Waals surface area (Å²) in [5.41, 5.74) is 2.86. The van der Waals surface area contributed by atoms with Crippen molar-refractivity contribution in [3.63, 3.8) is 0 Å². The summed E-state index contributed by atoms with van der Waals surface area (Å²) in [6.45, 7) is 0. The average molecular weight is 589 g/mol. The molecular formula is C29H22Cl2N6O4. The van der Waals surface area contributed by atoms with Gasteiger partial charge in [0.1, 0.15) is 6.04 Å². The first-order chi connectivity index (χ1) is 19.8. The monoisotopic (exact) mass is 588 g/mol. The molecule has 0 saturated heterocycles. The van der Waals surface area contributed by atoms with Gasteiger partial charge in [0.15, 0.2) is 5.15 Å².